The van der Waals surface area contributed by atoms with Crippen molar-refractivity contribution in [2.45, 2.75) is 25.8 Å². The SMILES string of the molecule is O=C(Nc1ccc(-c2nnc3n2CCCC3)cc1)c1cscn1. The van der Waals surface area contributed by atoms with E-state index in [1.165, 1.54) is 24.2 Å². The average Bonchev–Trinajstić information content (AvgIpc) is 3.25. The van der Waals surface area contributed by atoms with Crippen LogP contribution in [0.5, 0.6) is 0 Å². The number of aryl methyl sites for hydroxylation is 1. The molecule has 0 radical (unpaired) electrons. The second-order valence-corrected chi connectivity index (χ2v) is 6.17. The third-order valence-corrected chi connectivity index (χ3v) is 4.51. The summed E-state index contributed by atoms with van der Waals surface area (Å²) in [6.45, 7) is 0.972. The van der Waals surface area contributed by atoms with Crippen LogP contribution in [0.4, 0.5) is 5.69 Å². The fourth-order valence-corrected chi connectivity index (χ4v) is 3.28. The van der Waals surface area contributed by atoms with Crippen molar-refractivity contribution in [1.29, 1.82) is 0 Å². The van der Waals surface area contributed by atoms with Gasteiger partial charge >= 0.3 is 0 Å². The van der Waals surface area contributed by atoms with Gasteiger partial charge in [0.1, 0.15) is 11.5 Å². The van der Waals surface area contributed by atoms with Gasteiger partial charge in [0.05, 0.1) is 5.51 Å². The summed E-state index contributed by atoms with van der Waals surface area (Å²) in [4.78, 5) is 16.0. The number of aromatic nitrogens is 4. The minimum atomic E-state index is -0.196. The first-order valence-corrected chi connectivity index (χ1v) is 8.47. The molecule has 1 N–H and O–H groups in total. The Morgan fingerprint density at radius 3 is 2.83 bits per heavy atom. The van der Waals surface area contributed by atoms with Gasteiger partial charge in [-0.15, -0.1) is 21.5 Å². The van der Waals surface area contributed by atoms with Gasteiger partial charge in [0, 0.05) is 29.6 Å². The number of nitrogens with zero attached hydrogens (tertiary/aromatic N) is 4. The molecular weight excluding hydrogens is 310 g/mol. The number of benzene rings is 1. The van der Waals surface area contributed by atoms with Crippen LogP contribution in [0.15, 0.2) is 35.2 Å². The van der Waals surface area contributed by atoms with Gasteiger partial charge < -0.3 is 9.88 Å². The first-order chi connectivity index (χ1) is 11.3. The Balaban J connectivity index is 1.54. The van der Waals surface area contributed by atoms with E-state index in [1.54, 1.807) is 10.9 Å². The van der Waals surface area contributed by atoms with Crippen LogP contribution in [0.1, 0.15) is 29.2 Å². The summed E-state index contributed by atoms with van der Waals surface area (Å²) in [6.07, 6.45) is 3.34. The van der Waals surface area contributed by atoms with Gasteiger partial charge in [0.2, 0.25) is 0 Å². The molecule has 1 amide bonds. The molecule has 0 saturated heterocycles. The lowest BCUT2D eigenvalue weighted by atomic mass is 10.1. The van der Waals surface area contributed by atoms with E-state index in [9.17, 15) is 4.79 Å². The van der Waals surface area contributed by atoms with E-state index in [0.29, 0.717) is 5.69 Å². The van der Waals surface area contributed by atoms with E-state index in [1.807, 2.05) is 24.3 Å². The van der Waals surface area contributed by atoms with Crippen molar-refractivity contribution in [2.75, 3.05) is 5.32 Å². The largest absolute Gasteiger partial charge is 0.321 e. The van der Waals surface area contributed by atoms with Crippen LogP contribution in [-0.2, 0) is 13.0 Å². The zero-order valence-corrected chi connectivity index (χ0v) is 13.2. The quantitative estimate of drug-likeness (QED) is 0.803. The molecule has 0 aliphatic carbocycles. The van der Waals surface area contributed by atoms with Crippen LogP contribution in [-0.4, -0.2) is 25.7 Å². The van der Waals surface area contributed by atoms with Crippen molar-refractivity contribution in [3.05, 3.63) is 46.7 Å². The number of hydrogen-bond acceptors (Lipinski definition) is 5. The first kappa shape index (κ1) is 14.1. The smallest absolute Gasteiger partial charge is 0.275 e. The van der Waals surface area contributed by atoms with E-state index in [-0.39, 0.29) is 5.91 Å². The van der Waals surface area contributed by atoms with Crippen LogP contribution in [0.2, 0.25) is 0 Å². The third kappa shape index (κ3) is 2.75. The molecule has 0 fully saturated rings. The molecule has 0 atom stereocenters. The molecule has 7 heteroatoms. The van der Waals surface area contributed by atoms with Crippen molar-refractivity contribution in [2.24, 2.45) is 0 Å². The Labute approximate surface area is 137 Å². The summed E-state index contributed by atoms with van der Waals surface area (Å²) in [6, 6.07) is 7.68. The molecule has 0 spiro atoms. The summed E-state index contributed by atoms with van der Waals surface area (Å²) in [5, 5.41) is 13.2. The number of thiazole rings is 1. The van der Waals surface area contributed by atoms with E-state index >= 15 is 0 Å². The lowest BCUT2D eigenvalue weighted by Gasteiger charge is -2.14. The molecule has 3 heterocycles. The second-order valence-electron chi connectivity index (χ2n) is 5.45. The normalized spacial score (nSPS) is 13.6. The Kier molecular flexibility index (Phi) is 3.63. The number of carbonyl (C=O) groups excluding carboxylic acids is 1. The molecular formula is C16H15N5OS. The van der Waals surface area contributed by atoms with Crippen molar-refractivity contribution < 1.29 is 4.79 Å². The predicted octanol–water partition coefficient (Wildman–Crippen LogP) is 2.99. The van der Waals surface area contributed by atoms with Crippen molar-refractivity contribution in [3.8, 4) is 11.4 Å². The number of amides is 1. The van der Waals surface area contributed by atoms with Gasteiger partial charge in [-0.25, -0.2) is 4.98 Å². The molecule has 0 unspecified atom stereocenters. The summed E-state index contributed by atoms with van der Waals surface area (Å²) < 4.78 is 2.19. The highest BCUT2D eigenvalue weighted by Crippen LogP contribution is 2.24. The molecule has 1 aliphatic heterocycles. The van der Waals surface area contributed by atoms with Gasteiger partial charge in [0.25, 0.3) is 5.91 Å². The van der Waals surface area contributed by atoms with Crippen molar-refractivity contribution in [3.63, 3.8) is 0 Å². The number of nitrogens with one attached hydrogen (secondary N) is 1. The van der Waals surface area contributed by atoms with Gasteiger partial charge in [0.15, 0.2) is 5.82 Å². The first-order valence-electron chi connectivity index (χ1n) is 7.53. The molecule has 116 valence electrons. The van der Waals surface area contributed by atoms with Crippen LogP contribution in [0, 0.1) is 0 Å². The van der Waals surface area contributed by atoms with Gasteiger partial charge in [-0.05, 0) is 37.1 Å². The molecule has 4 rings (SSSR count). The highest BCUT2D eigenvalue weighted by molar-refractivity contribution is 7.07. The number of rotatable bonds is 3. The Hall–Kier alpha value is -2.54. The summed E-state index contributed by atoms with van der Waals surface area (Å²) in [7, 11) is 0. The summed E-state index contributed by atoms with van der Waals surface area (Å²) in [5.41, 5.74) is 3.83. The van der Waals surface area contributed by atoms with Gasteiger partial charge in [-0.3, -0.25) is 4.79 Å². The molecule has 1 aromatic carbocycles. The molecule has 2 aromatic heterocycles. The molecule has 3 aromatic rings. The lowest BCUT2D eigenvalue weighted by Crippen LogP contribution is -2.12. The van der Waals surface area contributed by atoms with Crippen molar-refractivity contribution >= 4 is 22.9 Å². The van der Waals surface area contributed by atoms with Crippen molar-refractivity contribution in [1.82, 2.24) is 19.7 Å². The van der Waals surface area contributed by atoms with E-state index in [4.69, 9.17) is 0 Å². The minimum Gasteiger partial charge on any atom is -0.321 e. The monoisotopic (exact) mass is 325 g/mol. The minimum absolute atomic E-state index is 0.196. The maximum Gasteiger partial charge on any atom is 0.275 e. The maximum absolute atomic E-state index is 12.0. The van der Waals surface area contributed by atoms with Crippen LogP contribution in [0.3, 0.4) is 0 Å². The number of hydrogen-bond donors (Lipinski definition) is 1. The van der Waals surface area contributed by atoms with Gasteiger partial charge in [-0.1, -0.05) is 0 Å². The topological polar surface area (TPSA) is 72.7 Å². The highest BCUT2D eigenvalue weighted by Gasteiger charge is 2.17. The zero-order chi connectivity index (χ0) is 15.6. The number of carbonyl (C=O) groups is 1. The van der Waals surface area contributed by atoms with Gasteiger partial charge in [-0.2, -0.15) is 0 Å². The maximum atomic E-state index is 12.0. The molecule has 0 saturated carbocycles. The molecule has 1 aliphatic rings. The van der Waals surface area contributed by atoms with E-state index < -0.39 is 0 Å². The Morgan fingerprint density at radius 2 is 2.04 bits per heavy atom. The molecule has 6 nitrogen and oxygen atoms in total. The highest BCUT2D eigenvalue weighted by atomic mass is 32.1. The van der Waals surface area contributed by atoms with Crippen LogP contribution >= 0.6 is 11.3 Å². The van der Waals surface area contributed by atoms with Crippen LogP contribution < -0.4 is 5.32 Å². The summed E-state index contributed by atoms with van der Waals surface area (Å²) >= 11 is 1.40. The lowest BCUT2D eigenvalue weighted by molar-refractivity contribution is 0.102. The zero-order valence-electron chi connectivity index (χ0n) is 12.4. The Morgan fingerprint density at radius 1 is 1.17 bits per heavy atom. The fourth-order valence-electron chi connectivity index (χ4n) is 2.74. The fraction of sp³-hybridized carbons (Fsp3) is 0.250. The second kappa shape index (κ2) is 5.92. The standard InChI is InChI=1S/C16H15N5OS/c22-16(13-9-23-10-17-13)18-12-6-4-11(5-7-12)15-20-19-14-3-1-2-8-21(14)15/h4-7,9-10H,1-3,8H2,(H,18,22). The van der Waals surface area contributed by atoms with Crippen LogP contribution in [0.25, 0.3) is 11.4 Å². The third-order valence-electron chi connectivity index (χ3n) is 3.93. The predicted molar refractivity (Wildman–Crippen MR) is 88.5 cm³/mol. The van der Waals surface area contributed by atoms with E-state index in [0.717, 1.165) is 35.9 Å². The molecule has 23 heavy (non-hydrogen) atoms. The number of anilines is 1. The van der Waals surface area contributed by atoms with E-state index in [2.05, 4.69) is 25.1 Å². The average molecular weight is 325 g/mol. The molecule has 0 bridgehead atoms. The number of fused-ring (bicyclic) bond motifs is 1. The summed E-state index contributed by atoms with van der Waals surface area (Å²) in [5.74, 6) is 1.77. The Bertz CT molecular complexity index is 823.